The molecule has 30 heavy (non-hydrogen) atoms. The number of thiophene rings is 1. The van der Waals surface area contributed by atoms with E-state index in [9.17, 15) is 9.59 Å². The molecular formula is C23H32N4O2S. The molecule has 1 aliphatic heterocycles. The van der Waals surface area contributed by atoms with Gasteiger partial charge in [0.2, 0.25) is 0 Å². The molecule has 2 heterocycles. The van der Waals surface area contributed by atoms with Crippen LogP contribution in [0.2, 0.25) is 0 Å². The predicted molar refractivity (Wildman–Crippen MR) is 125 cm³/mol. The minimum atomic E-state index is -0.149. The van der Waals surface area contributed by atoms with Gasteiger partial charge < -0.3 is 20.4 Å². The molecule has 0 radical (unpaired) electrons. The number of benzene rings is 1. The Balaban J connectivity index is 1.77. The van der Waals surface area contributed by atoms with Gasteiger partial charge in [-0.15, -0.1) is 11.3 Å². The zero-order chi connectivity index (χ0) is 21.3. The summed E-state index contributed by atoms with van der Waals surface area (Å²) in [6.45, 7) is 9.53. The van der Waals surface area contributed by atoms with Gasteiger partial charge in [0.05, 0.1) is 10.4 Å². The maximum Gasteiger partial charge on any atom is 0.265 e. The van der Waals surface area contributed by atoms with Gasteiger partial charge in [-0.2, -0.15) is 0 Å². The number of rotatable bonds is 9. The minimum absolute atomic E-state index is 0.0880. The van der Waals surface area contributed by atoms with Crippen LogP contribution in [0, 0.1) is 0 Å². The Morgan fingerprint density at radius 2 is 1.83 bits per heavy atom. The topological polar surface area (TPSA) is 64.7 Å². The number of nitrogens with zero attached hydrogens (tertiary/aromatic N) is 2. The molecule has 0 atom stereocenters. The molecule has 2 aromatic rings. The van der Waals surface area contributed by atoms with Gasteiger partial charge in [-0.25, -0.2) is 0 Å². The Bertz CT molecular complexity index is 828. The second-order valence-electron chi connectivity index (χ2n) is 7.49. The first-order valence-electron chi connectivity index (χ1n) is 10.9. The second kappa shape index (κ2) is 11.1. The van der Waals surface area contributed by atoms with Crippen LogP contribution in [0.4, 0.5) is 11.4 Å². The summed E-state index contributed by atoms with van der Waals surface area (Å²) < 4.78 is 0. The number of hydrogen-bond acceptors (Lipinski definition) is 5. The van der Waals surface area contributed by atoms with Gasteiger partial charge in [0.15, 0.2) is 0 Å². The van der Waals surface area contributed by atoms with Crippen LogP contribution in [-0.4, -0.2) is 56.0 Å². The van der Waals surface area contributed by atoms with Crippen molar-refractivity contribution in [2.24, 2.45) is 0 Å². The van der Waals surface area contributed by atoms with Crippen molar-refractivity contribution in [1.82, 2.24) is 10.2 Å². The summed E-state index contributed by atoms with van der Waals surface area (Å²) in [5.41, 5.74) is 2.22. The third kappa shape index (κ3) is 5.83. The van der Waals surface area contributed by atoms with E-state index in [1.165, 1.54) is 17.8 Å². The van der Waals surface area contributed by atoms with Crippen molar-refractivity contribution < 1.29 is 9.59 Å². The van der Waals surface area contributed by atoms with Gasteiger partial charge >= 0.3 is 0 Å². The lowest BCUT2D eigenvalue weighted by molar-refractivity contribution is 0.0948. The van der Waals surface area contributed by atoms with Gasteiger partial charge in [-0.05, 0) is 62.0 Å². The largest absolute Gasteiger partial charge is 0.371 e. The van der Waals surface area contributed by atoms with Crippen LogP contribution in [0.15, 0.2) is 35.7 Å². The third-order valence-electron chi connectivity index (χ3n) is 5.55. The van der Waals surface area contributed by atoms with E-state index in [0.717, 1.165) is 51.3 Å². The number of nitrogens with one attached hydrogen (secondary N) is 2. The lowest BCUT2D eigenvalue weighted by atomic mass is 10.1. The molecule has 6 nitrogen and oxygen atoms in total. The molecule has 0 bridgehead atoms. The molecule has 1 fully saturated rings. The van der Waals surface area contributed by atoms with Crippen LogP contribution in [0.1, 0.15) is 53.1 Å². The highest BCUT2D eigenvalue weighted by atomic mass is 32.1. The molecule has 0 aliphatic carbocycles. The van der Waals surface area contributed by atoms with E-state index in [-0.39, 0.29) is 11.8 Å². The second-order valence-corrected chi connectivity index (χ2v) is 8.44. The van der Waals surface area contributed by atoms with E-state index in [0.29, 0.717) is 22.7 Å². The van der Waals surface area contributed by atoms with Gasteiger partial charge in [-0.1, -0.05) is 19.9 Å². The number of amides is 2. The predicted octanol–water partition coefficient (Wildman–Crippen LogP) is 4.06. The van der Waals surface area contributed by atoms with E-state index in [2.05, 4.69) is 34.3 Å². The Morgan fingerprint density at radius 3 is 2.50 bits per heavy atom. The number of hydrogen-bond donors (Lipinski definition) is 2. The van der Waals surface area contributed by atoms with Crippen LogP contribution >= 0.6 is 11.3 Å². The third-order valence-corrected chi connectivity index (χ3v) is 6.42. The van der Waals surface area contributed by atoms with Gasteiger partial charge in [0.25, 0.3) is 11.8 Å². The quantitative estimate of drug-likeness (QED) is 0.632. The molecule has 0 unspecified atom stereocenters. The lowest BCUT2D eigenvalue weighted by Crippen LogP contribution is -2.36. The van der Waals surface area contributed by atoms with Gasteiger partial charge in [0, 0.05) is 37.6 Å². The summed E-state index contributed by atoms with van der Waals surface area (Å²) in [5.74, 6) is -0.237. The van der Waals surface area contributed by atoms with E-state index in [4.69, 9.17) is 0 Å². The molecule has 162 valence electrons. The Kier molecular flexibility index (Phi) is 8.28. The van der Waals surface area contributed by atoms with Crippen molar-refractivity contribution in [3.05, 3.63) is 46.2 Å². The van der Waals surface area contributed by atoms with Crippen molar-refractivity contribution in [1.29, 1.82) is 0 Å². The average molecular weight is 429 g/mol. The molecule has 7 heteroatoms. The zero-order valence-electron chi connectivity index (χ0n) is 17.9. The standard InChI is InChI=1S/C23H32N4O2S/c1-3-26(4-2)15-12-24-22(28)19-17-18(25-23(29)21-9-8-16-30-21)10-11-20(19)27-13-6-5-7-14-27/h8-11,16-17H,3-7,12-15H2,1-2H3,(H,24,28)(H,25,29). The molecule has 3 rings (SSSR count). The lowest BCUT2D eigenvalue weighted by Gasteiger charge is -2.30. The number of carbonyl (C=O) groups is 2. The highest BCUT2D eigenvalue weighted by Gasteiger charge is 2.20. The van der Waals surface area contributed by atoms with Crippen LogP contribution in [0.3, 0.4) is 0 Å². The Hall–Kier alpha value is -2.38. The molecular weight excluding hydrogens is 396 g/mol. The van der Waals surface area contributed by atoms with Crippen LogP contribution in [-0.2, 0) is 0 Å². The molecule has 2 amide bonds. The maximum absolute atomic E-state index is 13.1. The Morgan fingerprint density at radius 1 is 1.07 bits per heavy atom. The normalized spacial score (nSPS) is 14.0. The van der Waals surface area contributed by atoms with Crippen molar-refractivity contribution in [3.8, 4) is 0 Å². The maximum atomic E-state index is 13.1. The van der Waals surface area contributed by atoms with Gasteiger partial charge in [0.1, 0.15) is 0 Å². The van der Waals surface area contributed by atoms with E-state index in [1.807, 2.05) is 29.6 Å². The minimum Gasteiger partial charge on any atom is -0.371 e. The van der Waals surface area contributed by atoms with E-state index >= 15 is 0 Å². The SMILES string of the molecule is CCN(CC)CCNC(=O)c1cc(NC(=O)c2cccs2)ccc1N1CCCCC1. The molecule has 1 aromatic carbocycles. The first-order valence-corrected chi connectivity index (χ1v) is 11.7. The summed E-state index contributed by atoms with van der Waals surface area (Å²) in [5, 5.41) is 7.87. The van der Waals surface area contributed by atoms with Crippen LogP contribution in [0.25, 0.3) is 0 Å². The first-order chi connectivity index (χ1) is 14.6. The summed E-state index contributed by atoms with van der Waals surface area (Å²) >= 11 is 1.40. The van der Waals surface area contributed by atoms with Crippen LogP contribution < -0.4 is 15.5 Å². The van der Waals surface area contributed by atoms with Crippen molar-refractivity contribution in [2.75, 3.05) is 49.5 Å². The Labute approximate surface area is 183 Å². The van der Waals surface area contributed by atoms with E-state index in [1.54, 1.807) is 6.07 Å². The highest BCUT2D eigenvalue weighted by Crippen LogP contribution is 2.27. The highest BCUT2D eigenvalue weighted by molar-refractivity contribution is 7.12. The molecule has 1 saturated heterocycles. The molecule has 1 aliphatic rings. The molecule has 1 aromatic heterocycles. The van der Waals surface area contributed by atoms with E-state index < -0.39 is 0 Å². The van der Waals surface area contributed by atoms with Crippen molar-refractivity contribution in [2.45, 2.75) is 33.1 Å². The summed E-state index contributed by atoms with van der Waals surface area (Å²) in [4.78, 5) is 30.7. The van der Waals surface area contributed by atoms with Crippen molar-refractivity contribution in [3.63, 3.8) is 0 Å². The van der Waals surface area contributed by atoms with Gasteiger partial charge in [-0.3, -0.25) is 9.59 Å². The molecule has 0 spiro atoms. The number of piperidine rings is 1. The fourth-order valence-corrected chi connectivity index (χ4v) is 4.39. The zero-order valence-corrected chi connectivity index (χ0v) is 18.8. The monoisotopic (exact) mass is 428 g/mol. The number of likely N-dealkylation sites (N-methyl/N-ethyl adjacent to an activating group) is 1. The number of anilines is 2. The average Bonchev–Trinajstić information content (AvgIpc) is 3.32. The number of carbonyl (C=O) groups excluding carboxylic acids is 2. The summed E-state index contributed by atoms with van der Waals surface area (Å²) in [6, 6.07) is 9.32. The summed E-state index contributed by atoms with van der Waals surface area (Å²) in [6.07, 6.45) is 3.51. The first kappa shape index (κ1) is 22.3. The smallest absolute Gasteiger partial charge is 0.265 e. The summed E-state index contributed by atoms with van der Waals surface area (Å²) in [7, 11) is 0. The molecule has 2 N–H and O–H groups in total. The fraction of sp³-hybridized carbons (Fsp3) is 0.478. The van der Waals surface area contributed by atoms with Crippen LogP contribution in [0.5, 0.6) is 0 Å². The fourth-order valence-electron chi connectivity index (χ4n) is 3.77. The van der Waals surface area contributed by atoms with Crippen molar-refractivity contribution >= 4 is 34.5 Å². The molecule has 0 saturated carbocycles.